The number of ether oxygens (including phenoxy) is 1. The van der Waals surface area contributed by atoms with Crippen molar-refractivity contribution in [3.8, 4) is 0 Å². The first-order valence-electron chi connectivity index (χ1n) is 7.59. The molecule has 0 bridgehead atoms. The van der Waals surface area contributed by atoms with Gasteiger partial charge in [0, 0.05) is 31.4 Å². The molecule has 1 heterocycles. The van der Waals surface area contributed by atoms with Gasteiger partial charge in [-0.2, -0.15) is 0 Å². The summed E-state index contributed by atoms with van der Waals surface area (Å²) in [4.78, 5) is 18.5. The molecule has 1 aromatic rings. The zero-order valence-electron chi connectivity index (χ0n) is 13.7. The highest BCUT2D eigenvalue weighted by Crippen LogP contribution is 2.13. The zero-order chi connectivity index (χ0) is 15.8. The van der Waals surface area contributed by atoms with E-state index < -0.39 is 0 Å². The van der Waals surface area contributed by atoms with Gasteiger partial charge >= 0.3 is 5.97 Å². The van der Waals surface area contributed by atoms with Gasteiger partial charge in [-0.25, -0.2) is 9.78 Å². The second kappa shape index (κ2) is 8.62. The largest absolute Gasteiger partial charge is 0.462 e. The van der Waals surface area contributed by atoms with E-state index in [-0.39, 0.29) is 5.97 Å². The minimum Gasteiger partial charge on any atom is -0.462 e. The summed E-state index contributed by atoms with van der Waals surface area (Å²) in [6, 6.07) is 4.45. The lowest BCUT2D eigenvalue weighted by Crippen LogP contribution is -2.40. The Labute approximate surface area is 127 Å². The molecule has 0 aliphatic rings. The van der Waals surface area contributed by atoms with Crippen LogP contribution in [0.3, 0.4) is 0 Å². The lowest BCUT2D eigenvalue weighted by molar-refractivity contribution is 0.0527. The Morgan fingerprint density at radius 1 is 1.33 bits per heavy atom. The number of pyridine rings is 1. The monoisotopic (exact) mass is 293 g/mol. The molecule has 0 aliphatic carbocycles. The van der Waals surface area contributed by atoms with Crippen molar-refractivity contribution in [3.63, 3.8) is 0 Å². The molecular formula is C16H27N3O2. The number of nitrogens with one attached hydrogen (secondary N) is 1. The maximum Gasteiger partial charge on any atom is 0.341 e. The number of carbonyl (C=O) groups is 1. The summed E-state index contributed by atoms with van der Waals surface area (Å²) in [5, 5.41) is 3.24. The van der Waals surface area contributed by atoms with E-state index in [9.17, 15) is 4.79 Å². The summed E-state index contributed by atoms with van der Waals surface area (Å²) in [6.07, 6.45) is 1.67. The Kier molecular flexibility index (Phi) is 7.15. The number of hydrogen-bond acceptors (Lipinski definition) is 5. The van der Waals surface area contributed by atoms with Gasteiger partial charge in [0.05, 0.1) is 6.61 Å². The molecule has 0 spiro atoms. The first-order valence-corrected chi connectivity index (χ1v) is 7.59. The van der Waals surface area contributed by atoms with Gasteiger partial charge in [0.1, 0.15) is 11.4 Å². The molecule has 1 aromatic heterocycles. The highest BCUT2D eigenvalue weighted by molar-refractivity contribution is 5.94. The number of anilines is 1. The molecule has 0 saturated carbocycles. The van der Waals surface area contributed by atoms with E-state index in [1.165, 1.54) is 0 Å². The van der Waals surface area contributed by atoms with Crippen LogP contribution in [0.25, 0.3) is 0 Å². The van der Waals surface area contributed by atoms with Gasteiger partial charge in [-0.1, -0.05) is 0 Å². The third-order valence-electron chi connectivity index (χ3n) is 3.29. The van der Waals surface area contributed by atoms with Gasteiger partial charge < -0.3 is 10.1 Å². The summed E-state index contributed by atoms with van der Waals surface area (Å²) in [6.45, 7) is 12.5. The molecule has 0 saturated heterocycles. The third kappa shape index (κ3) is 5.34. The van der Waals surface area contributed by atoms with E-state index >= 15 is 0 Å². The molecule has 0 radical (unpaired) electrons. The topological polar surface area (TPSA) is 54.5 Å². The molecule has 1 rings (SSSR count). The van der Waals surface area contributed by atoms with Crippen LogP contribution >= 0.6 is 0 Å². The number of nitrogens with zero attached hydrogens (tertiary/aromatic N) is 2. The second-order valence-corrected chi connectivity index (χ2v) is 5.47. The normalized spacial score (nSPS) is 11.2. The molecule has 0 aliphatic heterocycles. The molecule has 1 N–H and O–H groups in total. The predicted octanol–water partition coefficient (Wildman–Crippen LogP) is 2.79. The molecule has 21 heavy (non-hydrogen) atoms. The molecule has 5 nitrogen and oxygen atoms in total. The smallest absolute Gasteiger partial charge is 0.341 e. The van der Waals surface area contributed by atoms with Crippen LogP contribution in [0.2, 0.25) is 0 Å². The highest BCUT2D eigenvalue weighted by Gasteiger charge is 2.15. The summed E-state index contributed by atoms with van der Waals surface area (Å²) in [5.41, 5.74) is 0.486. The van der Waals surface area contributed by atoms with Gasteiger partial charge in [0.15, 0.2) is 0 Å². The maximum absolute atomic E-state index is 11.9. The number of hydrogen-bond donors (Lipinski definition) is 1. The molecule has 0 aromatic carbocycles. The van der Waals surface area contributed by atoms with E-state index in [0.29, 0.717) is 30.1 Å². The average molecular weight is 293 g/mol. The van der Waals surface area contributed by atoms with Gasteiger partial charge in [-0.15, -0.1) is 0 Å². The van der Waals surface area contributed by atoms with Crippen LogP contribution in [0, 0.1) is 0 Å². The Hall–Kier alpha value is -1.62. The van der Waals surface area contributed by atoms with Crippen molar-refractivity contribution >= 4 is 11.8 Å². The van der Waals surface area contributed by atoms with Crippen LogP contribution in [-0.2, 0) is 4.74 Å². The lowest BCUT2D eigenvalue weighted by atomic mass is 10.2. The molecule has 0 unspecified atom stereocenters. The maximum atomic E-state index is 11.9. The first-order chi connectivity index (χ1) is 9.97. The van der Waals surface area contributed by atoms with Crippen LogP contribution in [-0.4, -0.2) is 47.6 Å². The fourth-order valence-corrected chi connectivity index (χ4v) is 2.34. The van der Waals surface area contributed by atoms with Gasteiger partial charge in [-0.05, 0) is 46.8 Å². The van der Waals surface area contributed by atoms with Crippen molar-refractivity contribution in [2.24, 2.45) is 0 Å². The minimum atomic E-state index is -0.335. The van der Waals surface area contributed by atoms with Crippen molar-refractivity contribution in [1.29, 1.82) is 0 Å². The number of rotatable bonds is 8. The second-order valence-electron chi connectivity index (χ2n) is 5.47. The van der Waals surface area contributed by atoms with Crippen LogP contribution < -0.4 is 5.32 Å². The predicted molar refractivity (Wildman–Crippen MR) is 85.7 cm³/mol. The Morgan fingerprint density at radius 3 is 2.57 bits per heavy atom. The summed E-state index contributed by atoms with van der Waals surface area (Å²) in [5.74, 6) is 0.251. The Morgan fingerprint density at radius 2 is 2.00 bits per heavy atom. The van der Waals surface area contributed by atoms with E-state index in [1.54, 1.807) is 25.3 Å². The fraction of sp³-hybridized carbons (Fsp3) is 0.625. The van der Waals surface area contributed by atoms with Crippen molar-refractivity contribution in [2.75, 3.05) is 25.0 Å². The van der Waals surface area contributed by atoms with Crippen LogP contribution in [0.15, 0.2) is 18.3 Å². The molecular weight excluding hydrogens is 266 g/mol. The number of carbonyl (C=O) groups excluding carboxylic acids is 1. The molecule has 5 heteroatoms. The van der Waals surface area contributed by atoms with Gasteiger partial charge in [-0.3, -0.25) is 4.90 Å². The molecule has 0 amide bonds. The highest BCUT2D eigenvalue weighted by atomic mass is 16.5. The summed E-state index contributed by atoms with van der Waals surface area (Å²) < 4.78 is 5.04. The van der Waals surface area contributed by atoms with Crippen molar-refractivity contribution in [3.05, 3.63) is 23.9 Å². The molecule has 118 valence electrons. The van der Waals surface area contributed by atoms with Crippen LogP contribution in [0.4, 0.5) is 5.82 Å². The summed E-state index contributed by atoms with van der Waals surface area (Å²) in [7, 11) is 0. The van der Waals surface area contributed by atoms with E-state index in [4.69, 9.17) is 4.74 Å². The van der Waals surface area contributed by atoms with Crippen LogP contribution in [0.1, 0.15) is 45.0 Å². The van der Waals surface area contributed by atoms with Crippen molar-refractivity contribution < 1.29 is 9.53 Å². The SMILES string of the molecule is CCOC(=O)c1cccnc1NCCN(C(C)C)C(C)C. The van der Waals surface area contributed by atoms with E-state index in [2.05, 4.69) is 42.9 Å². The van der Waals surface area contributed by atoms with Gasteiger partial charge in [0.25, 0.3) is 0 Å². The Balaban J connectivity index is 2.65. The summed E-state index contributed by atoms with van der Waals surface area (Å²) >= 11 is 0. The molecule has 0 fully saturated rings. The van der Waals surface area contributed by atoms with Crippen LogP contribution in [0.5, 0.6) is 0 Å². The van der Waals surface area contributed by atoms with Gasteiger partial charge in [0.2, 0.25) is 0 Å². The van der Waals surface area contributed by atoms with E-state index in [0.717, 1.165) is 13.1 Å². The first kappa shape index (κ1) is 17.4. The van der Waals surface area contributed by atoms with Crippen molar-refractivity contribution in [1.82, 2.24) is 9.88 Å². The quantitative estimate of drug-likeness (QED) is 0.747. The Bertz CT molecular complexity index is 439. The van der Waals surface area contributed by atoms with E-state index in [1.807, 2.05) is 0 Å². The number of aromatic nitrogens is 1. The third-order valence-corrected chi connectivity index (χ3v) is 3.29. The average Bonchev–Trinajstić information content (AvgIpc) is 2.43. The minimum absolute atomic E-state index is 0.335. The lowest BCUT2D eigenvalue weighted by Gasteiger charge is -2.30. The standard InChI is InChI=1S/C16H27N3O2/c1-6-21-16(20)14-8-7-9-17-15(14)18-10-11-19(12(2)3)13(4)5/h7-9,12-13H,6,10-11H2,1-5H3,(H,17,18). The van der Waals surface area contributed by atoms with Crippen molar-refractivity contribution in [2.45, 2.75) is 46.7 Å². The zero-order valence-corrected chi connectivity index (χ0v) is 13.7. The number of esters is 1. The molecule has 0 atom stereocenters. The fourth-order valence-electron chi connectivity index (χ4n) is 2.34.